The fourth-order valence-electron chi connectivity index (χ4n) is 1.19. The number of rotatable bonds is 0. The van der Waals surface area contributed by atoms with E-state index in [1.165, 1.54) is 0 Å². The van der Waals surface area contributed by atoms with E-state index >= 15 is 0 Å². The second-order valence-electron chi connectivity index (χ2n) is 3.05. The zero-order valence-electron chi connectivity index (χ0n) is 6.42. The summed E-state index contributed by atoms with van der Waals surface area (Å²) < 4.78 is 0. The van der Waals surface area contributed by atoms with Crippen LogP contribution in [0.15, 0.2) is 11.6 Å². The van der Waals surface area contributed by atoms with Crippen molar-refractivity contribution in [2.75, 3.05) is 0 Å². The number of carbonyl (C=O) groups is 1. The molecule has 0 aromatic rings. The molecule has 0 heterocycles. The summed E-state index contributed by atoms with van der Waals surface area (Å²) in [6, 6.07) is 0. The van der Waals surface area contributed by atoms with Crippen molar-refractivity contribution >= 4 is 13.6 Å². The second-order valence-corrected chi connectivity index (χ2v) is 3.05. The normalized spacial score (nSPS) is 33.8. The molecule has 2 radical (unpaired) electrons. The van der Waals surface area contributed by atoms with Gasteiger partial charge in [0.15, 0.2) is 5.78 Å². The quantitative estimate of drug-likeness (QED) is 0.458. The van der Waals surface area contributed by atoms with Crippen LogP contribution in [0.3, 0.4) is 0 Å². The van der Waals surface area contributed by atoms with E-state index in [2.05, 4.69) is 0 Å². The Balaban J connectivity index is 2.79. The third-order valence-electron chi connectivity index (χ3n) is 2.04. The van der Waals surface area contributed by atoms with Gasteiger partial charge in [-0.25, -0.2) is 0 Å². The molecule has 0 fully saturated rings. The van der Waals surface area contributed by atoms with Gasteiger partial charge in [-0.3, -0.25) is 4.79 Å². The van der Waals surface area contributed by atoms with E-state index in [0.29, 0.717) is 0 Å². The van der Waals surface area contributed by atoms with Crippen LogP contribution in [0.25, 0.3) is 0 Å². The predicted octanol–water partition coefficient (Wildman–Crippen LogP) is 1.50. The topological polar surface area (TPSA) is 17.1 Å². The lowest BCUT2D eigenvalue weighted by molar-refractivity contribution is -0.118. The van der Waals surface area contributed by atoms with E-state index in [1.54, 1.807) is 6.08 Å². The molecule has 0 amide bonds. The average Bonchev–Trinajstić information content (AvgIpc) is 1.82. The summed E-state index contributed by atoms with van der Waals surface area (Å²) >= 11 is 0. The van der Waals surface area contributed by atoms with Crippen LogP contribution in [-0.4, -0.2) is 13.6 Å². The van der Waals surface area contributed by atoms with Crippen molar-refractivity contribution in [2.45, 2.75) is 26.1 Å². The van der Waals surface area contributed by atoms with Crippen LogP contribution in [0.1, 0.15) is 20.3 Å². The summed E-state index contributed by atoms with van der Waals surface area (Å²) in [5.41, 5.74) is 1.11. The zero-order chi connectivity index (χ0) is 7.72. The number of hydrogen-bond donors (Lipinski definition) is 0. The van der Waals surface area contributed by atoms with E-state index in [0.717, 1.165) is 12.0 Å². The van der Waals surface area contributed by atoms with Gasteiger partial charge in [0, 0.05) is 5.92 Å². The molecule has 1 aliphatic rings. The molecule has 1 nitrogen and oxygen atoms in total. The van der Waals surface area contributed by atoms with Gasteiger partial charge in [0.25, 0.3) is 0 Å². The van der Waals surface area contributed by atoms with E-state index in [4.69, 9.17) is 7.85 Å². The molecule has 2 atom stereocenters. The summed E-state index contributed by atoms with van der Waals surface area (Å²) in [6.45, 7) is 3.83. The van der Waals surface area contributed by atoms with Crippen molar-refractivity contribution in [1.82, 2.24) is 0 Å². The Morgan fingerprint density at radius 1 is 1.70 bits per heavy atom. The lowest BCUT2D eigenvalue weighted by Crippen LogP contribution is -2.19. The molecule has 0 bridgehead atoms. The van der Waals surface area contributed by atoms with Crippen LogP contribution in [0.4, 0.5) is 0 Å². The van der Waals surface area contributed by atoms with Crippen molar-refractivity contribution in [3.8, 4) is 0 Å². The van der Waals surface area contributed by atoms with Crippen LogP contribution >= 0.6 is 0 Å². The molecule has 52 valence electrons. The van der Waals surface area contributed by atoms with E-state index in [-0.39, 0.29) is 17.5 Å². The largest absolute Gasteiger partial charge is 0.295 e. The molecule has 0 spiro atoms. The Bertz CT molecular complexity index is 184. The van der Waals surface area contributed by atoms with Gasteiger partial charge in [-0.15, -0.1) is 0 Å². The average molecular weight is 134 g/mol. The highest BCUT2D eigenvalue weighted by Crippen LogP contribution is 2.28. The standard InChI is InChI=1S/C8H11BO/c1-5-3-7(9)6(2)8(10)4-5/h4,6-7H,3H2,1-2H3. The molecule has 0 N–H and O–H groups in total. The molecular weight excluding hydrogens is 123 g/mol. The molecule has 0 aromatic heterocycles. The maximum Gasteiger partial charge on any atom is 0.157 e. The van der Waals surface area contributed by atoms with E-state index in [9.17, 15) is 4.79 Å². The van der Waals surface area contributed by atoms with E-state index < -0.39 is 0 Å². The molecular formula is C8H11BO. The van der Waals surface area contributed by atoms with Crippen molar-refractivity contribution in [1.29, 1.82) is 0 Å². The minimum absolute atomic E-state index is 0.0173. The zero-order valence-corrected chi connectivity index (χ0v) is 6.42. The molecule has 0 saturated heterocycles. The number of hydrogen-bond acceptors (Lipinski definition) is 1. The third kappa shape index (κ3) is 1.31. The van der Waals surface area contributed by atoms with Crippen molar-refractivity contribution < 1.29 is 4.79 Å². The Labute approximate surface area is 62.9 Å². The third-order valence-corrected chi connectivity index (χ3v) is 2.04. The highest BCUT2D eigenvalue weighted by Gasteiger charge is 2.22. The molecule has 2 unspecified atom stereocenters. The fraction of sp³-hybridized carbons (Fsp3) is 0.625. The number of ketones is 1. The second kappa shape index (κ2) is 2.61. The first kappa shape index (κ1) is 7.58. The van der Waals surface area contributed by atoms with Crippen LogP contribution in [0, 0.1) is 5.92 Å². The fourth-order valence-corrected chi connectivity index (χ4v) is 1.19. The SMILES string of the molecule is [B]C1CC(C)=CC(=O)C1C. The molecule has 10 heavy (non-hydrogen) atoms. The Morgan fingerprint density at radius 3 is 2.80 bits per heavy atom. The maximum atomic E-state index is 11.1. The molecule has 2 heteroatoms. The first-order valence-electron chi connectivity index (χ1n) is 3.58. The molecule has 0 saturated carbocycles. The molecule has 0 aliphatic heterocycles. The van der Waals surface area contributed by atoms with Crippen LogP contribution in [0.5, 0.6) is 0 Å². The maximum absolute atomic E-state index is 11.1. The predicted molar refractivity (Wildman–Crippen MR) is 42.0 cm³/mol. The summed E-state index contributed by atoms with van der Waals surface area (Å²) in [6.07, 6.45) is 2.57. The Hall–Kier alpha value is -0.525. The van der Waals surface area contributed by atoms with Crippen LogP contribution in [0.2, 0.25) is 5.82 Å². The van der Waals surface area contributed by atoms with Crippen molar-refractivity contribution in [3.63, 3.8) is 0 Å². The Morgan fingerprint density at radius 2 is 2.30 bits per heavy atom. The summed E-state index contributed by atoms with van der Waals surface area (Å²) in [5, 5.41) is 0. The number of allylic oxidation sites excluding steroid dienone is 2. The molecule has 1 aliphatic carbocycles. The number of carbonyl (C=O) groups excluding carboxylic acids is 1. The highest BCUT2D eigenvalue weighted by molar-refractivity contribution is 6.15. The molecule has 0 aromatic carbocycles. The van der Waals surface area contributed by atoms with Gasteiger partial charge in [-0.2, -0.15) is 0 Å². The van der Waals surface area contributed by atoms with Gasteiger partial charge in [-0.05, 0) is 19.4 Å². The highest BCUT2D eigenvalue weighted by atomic mass is 16.1. The van der Waals surface area contributed by atoms with Gasteiger partial charge in [0.05, 0.1) is 7.85 Å². The van der Waals surface area contributed by atoms with Crippen molar-refractivity contribution in [2.24, 2.45) is 5.92 Å². The van der Waals surface area contributed by atoms with Gasteiger partial charge >= 0.3 is 0 Å². The minimum atomic E-state index is 0.0173. The summed E-state index contributed by atoms with van der Waals surface area (Å²) in [7, 11) is 5.70. The van der Waals surface area contributed by atoms with Crippen LogP contribution < -0.4 is 0 Å². The van der Waals surface area contributed by atoms with Gasteiger partial charge in [0.1, 0.15) is 0 Å². The lowest BCUT2D eigenvalue weighted by atomic mass is 9.69. The van der Waals surface area contributed by atoms with Gasteiger partial charge in [0.2, 0.25) is 0 Å². The summed E-state index contributed by atoms with van der Waals surface area (Å²) in [5.74, 6) is 0.234. The first-order valence-corrected chi connectivity index (χ1v) is 3.58. The van der Waals surface area contributed by atoms with Gasteiger partial charge in [-0.1, -0.05) is 18.3 Å². The summed E-state index contributed by atoms with van der Waals surface area (Å²) in [4.78, 5) is 11.1. The van der Waals surface area contributed by atoms with Gasteiger partial charge < -0.3 is 0 Å². The first-order chi connectivity index (χ1) is 4.61. The minimum Gasteiger partial charge on any atom is -0.295 e. The lowest BCUT2D eigenvalue weighted by Gasteiger charge is -2.22. The van der Waals surface area contributed by atoms with Crippen molar-refractivity contribution in [3.05, 3.63) is 11.6 Å². The van der Waals surface area contributed by atoms with E-state index in [1.807, 2.05) is 13.8 Å². The molecule has 1 rings (SSSR count). The monoisotopic (exact) mass is 134 g/mol. The smallest absolute Gasteiger partial charge is 0.157 e. The Kier molecular flexibility index (Phi) is 1.98. The van der Waals surface area contributed by atoms with Crippen LogP contribution in [-0.2, 0) is 4.79 Å².